The highest BCUT2D eigenvalue weighted by molar-refractivity contribution is 5.78. The third kappa shape index (κ3) is 4.19. The van der Waals surface area contributed by atoms with Crippen LogP contribution in [0.5, 0.6) is 0 Å². The van der Waals surface area contributed by atoms with E-state index < -0.39 is 11.7 Å². The molecule has 29 heavy (non-hydrogen) atoms. The highest BCUT2D eigenvalue weighted by atomic mass is 19.4. The molecule has 0 N–H and O–H groups in total. The molecular formula is C20H23F3N6. The van der Waals surface area contributed by atoms with Gasteiger partial charge in [0, 0.05) is 57.6 Å². The molecule has 1 aliphatic rings. The summed E-state index contributed by atoms with van der Waals surface area (Å²) < 4.78 is 40.0. The summed E-state index contributed by atoms with van der Waals surface area (Å²) >= 11 is 0. The fourth-order valence-corrected chi connectivity index (χ4v) is 3.79. The molecule has 3 aromatic rings. The maximum Gasteiger partial charge on any atom is 0.417 e. The quantitative estimate of drug-likeness (QED) is 0.670. The van der Waals surface area contributed by atoms with Crippen LogP contribution in [0, 0.1) is 6.92 Å². The van der Waals surface area contributed by atoms with Gasteiger partial charge in [-0.15, -0.1) is 0 Å². The van der Waals surface area contributed by atoms with Gasteiger partial charge in [0.2, 0.25) is 0 Å². The number of rotatable bonds is 3. The molecule has 0 amide bonds. The van der Waals surface area contributed by atoms with Crippen LogP contribution in [0.3, 0.4) is 0 Å². The van der Waals surface area contributed by atoms with E-state index in [4.69, 9.17) is 0 Å². The summed E-state index contributed by atoms with van der Waals surface area (Å²) in [5.41, 5.74) is 2.26. The van der Waals surface area contributed by atoms with Crippen LogP contribution in [-0.4, -0.2) is 50.8 Å². The molecule has 0 bridgehead atoms. The molecule has 6 nitrogen and oxygen atoms in total. The second kappa shape index (κ2) is 7.62. The van der Waals surface area contributed by atoms with Gasteiger partial charge in [0.05, 0.1) is 11.3 Å². The van der Waals surface area contributed by atoms with Crippen molar-refractivity contribution in [2.45, 2.75) is 26.1 Å². The van der Waals surface area contributed by atoms with Gasteiger partial charge in [-0.05, 0) is 37.1 Å². The first-order valence-electron chi connectivity index (χ1n) is 9.60. The molecule has 0 unspecified atom stereocenters. The second-order valence-electron chi connectivity index (χ2n) is 7.44. The molecule has 0 radical (unpaired) electrons. The van der Waals surface area contributed by atoms with Crippen LogP contribution in [0.15, 0.2) is 30.6 Å². The van der Waals surface area contributed by atoms with Crippen molar-refractivity contribution in [3.63, 3.8) is 0 Å². The van der Waals surface area contributed by atoms with E-state index in [-0.39, 0.29) is 0 Å². The molecule has 3 aromatic heterocycles. The SMILES string of the molecule is Cc1nn(C)c2ncc(CN3CCCN(c4ccc(C(F)(F)F)cn4)CC3)cc12. The van der Waals surface area contributed by atoms with Gasteiger partial charge in [-0.3, -0.25) is 9.58 Å². The monoisotopic (exact) mass is 404 g/mol. The molecule has 4 heterocycles. The predicted molar refractivity (Wildman–Crippen MR) is 105 cm³/mol. The average Bonchev–Trinajstić information content (AvgIpc) is 2.84. The fraction of sp³-hybridized carbons (Fsp3) is 0.450. The summed E-state index contributed by atoms with van der Waals surface area (Å²) in [7, 11) is 1.89. The zero-order valence-electron chi connectivity index (χ0n) is 16.4. The van der Waals surface area contributed by atoms with Crippen molar-refractivity contribution in [1.29, 1.82) is 0 Å². The summed E-state index contributed by atoms with van der Waals surface area (Å²) in [4.78, 5) is 13.0. The third-order valence-corrected chi connectivity index (χ3v) is 5.31. The van der Waals surface area contributed by atoms with Gasteiger partial charge in [0.1, 0.15) is 5.82 Å². The Balaban J connectivity index is 1.42. The Bertz CT molecular complexity index is 996. The molecular weight excluding hydrogens is 381 g/mol. The van der Waals surface area contributed by atoms with Crippen molar-refractivity contribution in [2.75, 3.05) is 31.1 Å². The van der Waals surface area contributed by atoms with Crippen molar-refractivity contribution in [3.05, 3.63) is 47.4 Å². The smallest absolute Gasteiger partial charge is 0.355 e. The minimum atomic E-state index is -4.36. The number of nitrogens with zero attached hydrogens (tertiary/aromatic N) is 6. The molecule has 9 heteroatoms. The molecule has 1 aliphatic heterocycles. The number of fused-ring (bicyclic) bond motifs is 1. The molecule has 0 saturated carbocycles. The van der Waals surface area contributed by atoms with Crippen LogP contribution in [0.25, 0.3) is 11.0 Å². The summed E-state index contributed by atoms with van der Waals surface area (Å²) in [6.07, 6.45) is -0.633. The number of hydrogen-bond acceptors (Lipinski definition) is 5. The Morgan fingerprint density at radius 1 is 1.03 bits per heavy atom. The maximum atomic E-state index is 12.7. The minimum Gasteiger partial charge on any atom is -0.355 e. The molecule has 154 valence electrons. The summed E-state index contributed by atoms with van der Waals surface area (Å²) in [6.45, 7) is 5.99. The summed E-state index contributed by atoms with van der Waals surface area (Å²) in [6, 6.07) is 4.70. The number of alkyl halides is 3. The molecule has 1 fully saturated rings. The lowest BCUT2D eigenvalue weighted by Gasteiger charge is -2.23. The van der Waals surface area contributed by atoms with Gasteiger partial charge in [0.25, 0.3) is 0 Å². The topological polar surface area (TPSA) is 50.1 Å². The number of anilines is 1. The van der Waals surface area contributed by atoms with Crippen molar-refractivity contribution < 1.29 is 13.2 Å². The van der Waals surface area contributed by atoms with E-state index in [1.807, 2.05) is 25.1 Å². The van der Waals surface area contributed by atoms with E-state index in [1.54, 1.807) is 4.68 Å². The first-order valence-corrected chi connectivity index (χ1v) is 9.60. The highest BCUT2D eigenvalue weighted by Gasteiger charge is 2.31. The number of halogens is 3. The Hall–Kier alpha value is -2.68. The fourth-order valence-electron chi connectivity index (χ4n) is 3.79. The zero-order valence-corrected chi connectivity index (χ0v) is 16.4. The lowest BCUT2D eigenvalue weighted by molar-refractivity contribution is -0.137. The highest BCUT2D eigenvalue weighted by Crippen LogP contribution is 2.29. The van der Waals surface area contributed by atoms with Crippen LogP contribution < -0.4 is 4.90 Å². The van der Waals surface area contributed by atoms with E-state index in [1.165, 1.54) is 6.07 Å². The van der Waals surface area contributed by atoms with Crippen molar-refractivity contribution >= 4 is 16.9 Å². The molecule has 4 rings (SSSR count). The lowest BCUT2D eigenvalue weighted by Crippen LogP contribution is -2.31. The van der Waals surface area contributed by atoms with Gasteiger partial charge in [-0.25, -0.2) is 9.97 Å². The first-order chi connectivity index (χ1) is 13.8. The molecule has 0 aromatic carbocycles. The number of aromatic nitrogens is 4. The summed E-state index contributed by atoms with van der Waals surface area (Å²) in [5.74, 6) is 0.592. The van der Waals surface area contributed by atoms with E-state index in [0.29, 0.717) is 5.82 Å². The normalized spacial score (nSPS) is 16.4. The Labute approximate surface area is 167 Å². The molecule has 0 atom stereocenters. The standard InChI is InChI=1S/C20H23F3N6/c1-14-17-10-15(11-25-19(17)27(2)26-14)13-28-6-3-7-29(9-8-28)18-5-4-16(12-24-18)20(21,22)23/h4-5,10-12H,3,6-9,13H2,1-2H3. The molecule has 1 saturated heterocycles. The Morgan fingerprint density at radius 3 is 2.59 bits per heavy atom. The van der Waals surface area contributed by atoms with E-state index in [2.05, 4.69) is 26.0 Å². The van der Waals surface area contributed by atoms with Gasteiger partial charge in [0.15, 0.2) is 5.65 Å². The van der Waals surface area contributed by atoms with Crippen molar-refractivity contribution in [1.82, 2.24) is 24.6 Å². The van der Waals surface area contributed by atoms with Crippen LogP contribution in [0.2, 0.25) is 0 Å². The van der Waals surface area contributed by atoms with Crippen LogP contribution in [0.4, 0.5) is 19.0 Å². The van der Waals surface area contributed by atoms with Gasteiger partial charge in [-0.1, -0.05) is 0 Å². The predicted octanol–water partition coefficient (Wildman–Crippen LogP) is 3.40. The third-order valence-electron chi connectivity index (χ3n) is 5.31. The van der Waals surface area contributed by atoms with Gasteiger partial charge in [-0.2, -0.15) is 18.3 Å². The maximum absolute atomic E-state index is 12.7. The Morgan fingerprint density at radius 2 is 1.86 bits per heavy atom. The summed E-state index contributed by atoms with van der Waals surface area (Å²) in [5, 5.41) is 5.48. The number of hydrogen-bond donors (Lipinski definition) is 0. The van der Waals surface area contributed by atoms with Crippen molar-refractivity contribution in [3.8, 4) is 0 Å². The van der Waals surface area contributed by atoms with Crippen LogP contribution in [-0.2, 0) is 19.8 Å². The lowest BCUT2D eigenvalue weighted by atomic mass is 10.2. The van der Waals surface area contributed by atoms with Crippen molar-refractivity contribution in [2.24, 2.45) is 7.05 Å². The number of pyridine rings is 2. The minimum absolute atomic E-state index is 0.592. The van der Waals surface area contributed by atoms with Crippen LogP contribution in [0.1, 0.15) is 23.2 Å². The van der Waals surface area contributed by atoms with E-state index >= 15 is 0 Å². The number of aryl methyl sites for hydroxylation is 2. The molecule has 0 spiro atoms. The van der Waals surface area contributed by atoms with E-state index in [9.17, 15) is 13.2 Å². The molecule has 0 aliphatic carbocycles. The van der Waals surface area contributed by atoms with Gasteiger partial charge >= 0.3 is 6.18 Å². The Kier molecular flexibility index (Phi) is 5.16. The van der Waals surface area contributed by atoms with Crippen LogP contribution >= 0.6 is 0 Å². The zero-order chi connectivity index (χ0) is 20.6. The van der Waals surface area contributed by atoms with Gasteiger partial charge < -0.3 is 4.90 Å². The second-order valence-corrected chi connectivity index (χ2v) is 7.44. The first kappa shape index (κ1) is 19.6. The average molecular weight is 404 g/mol. The van der Waals surface area contributed by atoms with E-state index in [0.717, 1.165) is 73.7 Å². The largest absolute Gasteiger partial charge is 0.417 e.